The SMILES string of the molecule is COc1ccc2[nH]c(-c3cc(Nc4ccnc(N)n4)cc(C=[NH2+])c3N)cc2c1. The van der Waals surface area contributed by atoms with E-state index >= 15 is 0 Å². The largest absolute Gasteiger partial charge is 0.497 e. The second-order valence-corrected chi connectivity index (χ2v) is 6.25. The minimum Gasteiger partial charge on any atom is -0.497 e. The van der Waals surface area contributed by atoms with Crippen LogP contribution in [0.5, 0.6) is 5.75 Å². The summed E-state index contributed by atoms with van der Waals surface area (Å²) >= 11 is 0. The van der Waals surface area contributed by atoms with Crippen LogP contribution in [0, 0.1) is 0 Å². The molecule has 0 bridgehead atoms. The molecule has 0 fully saturated rings. The Labute approximate surface area is 161 Å². The molecule has 0 aliphatic carbocycles. The Hall–Kier alpha value is -4.07. The lowest BCUT2D eigenvalue weighted by Gasteiger charge is -2.12. The molecule has 2 heterocycles. The predicted molar refractivity (Wildman–Crippen MR) is 112 cm³/mol. The number of methoxy groups -OCH3 is 1. The molecule has 4 aromatic rings. The number of benzene rings is 2. The van der Waals surface area contributed by atoms with Gasteiger partial charge < -0.3 is 26.5 Å². The summed E-state index contributed by atoms with van der Waals surface area (Å²) in [4.78, 5) is 11.5. The van der Waals surface area contributed by atoms with Crippen molar-refractivity contribution in [3.8, 4) is 17.0 Å². The van der Waals surface area contributed by atoms with Crippen LogP contribution >= 0.6 is 0 Å². The number of ether oxygens (including phenoxy) is 1. The van der Waals surface area contributed by atoms with E-state index in [9.17, 15) is 0 Å². The van der Waals surface area contributed by atoms with Crippen LogP contribution in [-0.2, 0) is 0 Å². The van der Waals surface area contributed by atoms with Crippen molar-refractivity contribution in [3.63, 3.8) is 0 Å². The Morgan fingerprint density at radius 3 is 2.75 bits per heavy atom. The number of nitrogens with one attached hydrogen (secondary N) is 2. The smallest absolute Gasteiger partial charge is 0.221 e. The molecule has 0 atom stereocenters. The molecule has 8 N–H and O–H groups in total. The summed E-state index contributed by atoms with van der Waals surface area (Å²) in [7, 11) is 1.64. The fourth-order valence-electron chi connectivity index (χ4n) is 3.08. The van der Waals surface area contributed by atoms with E-state index in [2.05, 4.69) is 20.3 Å². The maximum absolute atomic E-state index is 6.36. The van der Waals surface area contributed by atoms with Crippen molar-refractivity contribution in [2.75, 3.05) is 23.9 Å². The molecule has 8 heteroatoms. The van der Waals surface area contributed by atoms with E-state index in [4.69, 9.17) is 21.6 Å². The van der Waals surface area contributed by atoms with Gasteiger partial charge in [0, 0.05) is 34.0 Å². The highest BCUT2D eigenvalue weighted by Gasteiger charge is 2.13. The number of anilines is 4. The van der Waals surface area contributed by atoms with Crippen LogP contribution < -0.4 is 26.9 Å². The van der Waals surface area contributed by atoms with Crippen molar-refractivity contribution >= 4 is 40.3 Å². The second kappa shape index (κ2) is 6.92. The van der Waals surface area contributed by atoms with Crippen LogP contribution in [0.15, 0.2) is 48.7 Å². The molecule has 28 heavy (non-hydrogen) atoms. The average Bonchev–Trinajstić information content (AvgIpc) is 3.12. The third-order valence-electron chi connectivity index (χ3n) is 4.46. The van der Waals surface area contributed by atoms with Gasteiger partial charge in [0.05, 0.1) is 18.4 Å². The van der Waals surface area contributed by atoms with Crippen LogP contribution in [0.25, 0.3) is 22.2 Å². The number of H-pyrrole nitrogens is 1. The van der Waals surface area contributed by atoms with Crippen molar-refractivity contribution in [2.45, 2.75) is 0 Å². The maximum Gasteiger partial charge on any atom is 0.221 e. The molecule has 0 amide bonds. The number of nitrogens with two attached hydrogens (primary N) is 3. The molecule has 0 saturated carbocycles. The molecular formula is C20H20N7O+. The van der Waals surface area contributed by atoms with Gasteiger partial charge in [0.15, 0.2) is 6.21 Å². The van der Waals surface area contributed by atoms with Gasteiger partial charge in [-0.2, -0.15) is 4.98 Å². The molecule has 0 spiro atoms. The number of hydrogen-bond acceptors (Lipinski definition) is 6. The zero-order chi connectivity index (χ0) is 19.7. The number of rotatable bonds is 5. The van der Waals surface area contributed by atoms with E-state index in [0.29, 0.717) is 17.1 Å². The van der Waals surface area contributed by atoms with Gasteiger partial charge in [0.1, 0.15) is 11.6 Å². The van der Waals surface area contributed by atoms with Crippen LogP contribution in [0.1, 0.15) is 5.56 Å². The molecular weight excluding hydrogens is 354 g/mol. The Morgan fingerprint density at radius 2 is 2.00 bits per heavy atom. The first-order valence-corrected chi connectivity index (χ1v) is 8.58. The van der Waals surface area contributed by atoms with Crippen LogP contribution in [0.3, 0.4) is 0 Å². The summed E-state index contributed by atoms with van der Waals surface area (Å²) in [6.45, 7) is 0. The lowest BCUT2D eigenvalue weighted by atomic mass is 10.0. The van der Waals surface area contributed by atoms with Gasteiger partial charge in [-0.3, -0.25) is 5.41 Å². The number of aromatic amines is 1. The fourth-order valence-corrected chi connectivity index (χ4v) is 3.08. The Morgan fingerprint density at radius 1 is 1.14 bits per heavy atom. The zero-order valence-electron chi connectivity index (χ0n) is 15.2. The zero-order valence-corrected chi connectivity index (χ0v) is 15.2. The van der Waals surface area contributed by atoms with Crippen LogP contribution in [-0.4, -0.2) is 28.3 Å². The van der Waals surface area contributed by atoms with Crippen LogP contribution in [0.2, 0.25) is 0 Å². The summed E-state index contributed by atoms with van der Waals surface area (Å²) in [6.07, 6.45) is 3.06. The highest BCUT2D eigenvalue weighted by atomic mass is 16.5. The molecule has 140 valence electrons. The topological polar surface area (TPSA) is 140 Å². The number of nitrogens with zero attached hydrogens (tertiary/aromatic N) is 2. The highest BCUT2D eigenvalue weighted by Crippen LogP contribution is 2.34. The standard InChI is InChI=1S/C20H19N7O/c1-28-14-2-3-16-11(7-14)8-17(26-16)15-9-13(6-12(10-21)19(15)22)25-18-4-5-24-20(23)27-18/h2-10,21,26H,22H2,1H3,(H3,23,24,25,27)/p+1. The lowest BCUT2D eigenvalue weighted by molar-refractivity contribution is -0.104. The van der Waals surface area contributed by atoms with Gasteiger partial charge in [-0.25, -0.2) is 4.98 Å². The van der Waals surface area contributed by atoms with E-state index in [-0.39, 0.29) is 5.95 Å². The van der Waals surface area contributed by atoms with Crippen molar-refractivity contribution in [1.29, 1.82) is 0 Å². The molecule has 0 unspecified atom stereocenters. The highest BCUT2D eigenvalue weighted by molar-refractivity contribution is 5.96. The van der Waals surface area contributed by atoms with Crippen molar-refractivity contribution in [3.05, 3.63) is 54.2 Å². The monoisotopic (exact) mass is 374 g/mol. The van der Waals surface area contributed by atoms with Gasteiger partial charge in [0.25, 0.3) is 0 Å². The summed E-state index contributed by atoms with van der Waals surface area (Å²) in [5.41, 5.74) is 16.7. The normalized spacial score (nSPS) is 10.8. The molecule has 0 aliphatic rings. The van der Waals surface area contributed by atoms with Crippen LogP contribution in [0.4, 0.5) is 23.1 Å². The van der Waals surface area contributed by atoms with E-state index in [0.717, 1.165) is 33.6 Å². The lowest BCUT2D eigenvalue weighted by Crippen LogP contribution is -2.30. The Bertz CT molecular complexity index is 1180. The van der Waals surface area contributed by atoms with Crippen molar-refractivity contribution < 1.29 is 10.1 Å². The first-order chi connectivity index (χ1) is 13.6. The first-order valence-electron chi connectivity index (χ1n) is 8.58. The predicted octanol–water partition coefficient (Wildman–Crippen LogP) is 1.72. The van der Waals surface area contributed by atoms with E-state index in [1.54, 1.807) is 19.4 Å². The quantitative estimate of drug-likeness (QED) is 0.266. The van der Waals surface area contributed by atoms with Gasteiger partial charge in [-0.15, -0.1) is 0 Å². The van der Waals surface area contributed by atoms with Gasteiger partial charge in [0.2, 0.25) is 5.95 Å². The molecule has 2 aromatic carbocycles. The van der Waals surface area contributed by atoms with Gasteiger partial charge >= 0.3 is 0 Å². The summed E-state index contributed by atoms with van der Waals surface area (Å²) < 4.78 is 5.30. The van der Waals surface area contributed by atoms with E-state index in [1.807, 2.05) is 36.4 Å². The summed E-state index contributed by atoms with van der Waals surface area (Å²) in [6, 6.07) is 13.4. The third-order valence-corrected chi connectivity index (χ3v) is 4.46. The minimum absolute atomic E-state index is 0.191. The van der Waals surface area contributed by atoms with E-state index in [1.165, 1.54) is 6.21 Å². The van der Waals surface area contributed by atoms with Gasteiger partial charge in [-0.05, 0) is 42.5 Å². The summed E-state index contributed by atoms with van der Waals surface area (Å²) in [5.74, 6) is 1.56. The third kappa shape index (κ3) is 3.18. The maximum atomic E-state index is 6.36. The number of aromatic nitrogens is 3. The van der Waals surface area contributed by atoms with Gasteiger partial charge in [-0.1, -0.05) is 0 Å². The number of hydrogen-bond donors (Lipinski definition) is 5. The Balaban J connectivity index is 1.80. The van der Waals surface area contributed by atoms with Crippen molar-refractivity contribution in [1.82, 2.24) is 15.0 Å². The fraction of sp³-hybridized carbons (Fsp3) is 0.0500. The number of nitrogen functional groups attached to an aromatic ring is 2. The summed E-state index contributed by atoms with van der Waals surface area (Å²) in [5, 5.41) is 10.0. The molecule has 4 rings (SSSR count). The molecule has 2 aromatic heterocycles. The first kappa shape index (κ1) is 17.3. The Kier molecular flexibility index (Phi) is 4.29. The molecule has 0 radical (unpaired) electrons. The molecule has 0 aliphatic heterocycles. The van der Waals surface area contributed by atoms with Crippen molar-refractivity contribution in [2.24, 2.45) is 0 Å². The van der Waals surface area contributed by atoms with E-state index < -0.39 is 0 Å². The second-order valence-electron chi connectivity index (χ2n) is 6.25. The molecule has 0 saturated heterocycles. The average molecular weight is 374 g/mol. The minimum atomic E-state index is 0.191. The molecule has 8 nitrogen and oxygen atoms in total. The number of fused-ring (bicyclic) bond motifs is 1.